The molecule has 2 saturated carbocycles. The first-order valence-electron chi connectivity index (χ1n) is 7.30. The van der Waals surface area contributed by atoms with Gasteiger partial charge in [0.15, 0.2) is 0 Å². The van der Waals surface area contributed by atoms with E-state index in [2.05, 4.69) is 26.3 Å². The predicted molar refractivity (Wildman–Crippen MR) is 76.8 cm³/mol. The molecule has 0 radical (unpaired) electrons. The van der Waals surface area contributed by atoms with Crippen LogP contribution in [0, 0.1) is 0 Å². The van der Waals surface area contributed by atoms with E-state index in [-0.39, 0.29) is 11.3 Å². The van der Waals surface area contributed by atoms with Crippen molar-refractivity contribution in [3.8, 4) is 0 Å². The van der Waals surface area contributed by atoms with Gasteiger partial charge in [0.2, 0.25) is 10.0 Å². The molecule has 0 saturated heterocycles. The van der Waals surface area contributed by atoms with Gasteiger partial charge in [-0.3, -0.25) is 5.10 Å². The number of H-pyrrole nitrogens is 1. The Morgan fingerprint density at radius 1 is 1.40 bits per heavy atom. The minimum atomic E-state index is -3.07. The Morgan fingerprint density at radius 2 is 2.15 bits per heavy atom. The molecule has 0 aromatic carbocycles. The molecule has 20 heavy (non-hydrogen) atoms. The summed E-state index contributed by atoms with van der Waals surface area (Å²) in [5.74, 6) is 0.655. The maximum atomic E-state index is 11.7. The highest BCUT2D eigenvalue weighted by molar-refractivity contribution is 7.90. The lowest BCUT2D eigenvalue weighted by molar-refractivity contribution is 0.520. The molecule has 0 amide bonds. The molecule has 0 bridgehead atoms. The Kier molecular flexibility index (Phi) is 3.83. The van der Waals surface area contributed by atoms with Gasteiger partial charge in [0.1, 0.15) is 0 Å². The van der Waals surface area contributed by atoms with Gasteiger partial charge in [0.05, 0.1) is 10.9 Å². The lowest BCUT2D eigenvalue weighted by Gasteiger charge is -2.14. The zero-order chi connectivity index (χ0) is 14.2. The molecule has 1 atom stereocenters. The molecular formula is C13H22N4O2S. The number of rotatable bonds is 8. The van der Waals surface area contributed by atoms with Crippen LogP contribution in [0.2, 0.25) is 0 Å². The fourth-order valence-corrected chi connectivity index (χ4v) is 3.63. The van der Waals surface area contributed by atoms with E-state index < -0.39 is 10.0 Å². The summed E-state index contributed by atoms with van der Waals surface area (Å²) < 4.78 is 26.1. The van der Waals surface area contributed by atoms with Crippen LogP contribution in [-0.2, 0) is 16.6 Å². The summed E-state index contributed by atoms with van der Waals surface area (Å²) in [6, 6.07) is 2.20. The van der Waals surface area contributed by atoms with Gasteiger partial charge in [0.25, 0.3) is 0 Å². The van der Waals surface area contributed by atoms with Crippen molar-refractivity contribution < 1.29 is 8.42 Å². The smallest absolute Gasteiger partial charge is 0.214 e. The highest BCUT2D eigenvalue weighted by Gasteiger charge is 2.35. The number of nitrogens with one attached hydrogen (secondary N) is 3. The van der Waals surface area contributed by atoms with Gasteiger partial charge < -0.3 is 5.32 Å². The van der Waals surface area contributed by atoms with Gasteiger partial charge in [-0.1, -0.05) is 0 Å². The van der Waals surface area contributed by atoms with Crippen molar-refractivity contribution in [2.45, 2.75) is 56.4 Å². The third-order valence-corrected chi connectivity index (χ3v) is 5.76. The average Bonchev–Trinajstić information content (AvgIpc) is 3.31. The molecule has 2 fully saturated rings. The largest absolute Gasteiger partial charge is 0.307 e. The average molecular weight is 298 g/mol. The fourth-order valence-electron chi connectivity index (χ4n) is 2.15. The summed E-state index contributed by atoms with van der Waals surface area (Å²) in [4.78, 5) is 0. The highest BCUT2D eigenvalue weighted by atomic mass is 32.2. The van der Waals surface area contributed by atoms with E-state index in [0.29, 0.717) is 19.0 Å². The zero-order valence-electron chi connectivity index (χ0n) is 11.7. The minimum Gasteiger partial charge on any atom is -0.307 e. The van der Waals surface area contributed by atoms with E-state index >= 15 is 0 Å². The molecular weight excluding hydrogens is 276 g/mol. The van der Waals surface area contributed by atoms with Gasteiger partial charge in [-0.05, 0) is 38.7 Å². The molecule has 0 aliphatic heterocycles. The summed E-state index contributed by atoms with van der Waals surface area (Å²) >= 11 is 0. The van der Waals surface area contributed by atoms with Gasteiger partial charge >= 0.3 is 0 Å². The molecule has 6 nitrogen and oxygen atoms in total. The summed E-state index contributed by atoms with van der Waals surface area (Å²) in [5, 5.41) is 10.5. The highest BCUT2D eigenvalue weighted by Crippen LogP contribution is 2.38. The van der Waals surface area contributed by atoms with Crippen molar-refractivity contribution in [2.24, 2.45) is 0 Å². The van der Waals surface area contributed by atoms with Gasteiger partial charge in [-0.2, -0.15) is 5.10 Å². The molecule has 2 aliphatic carbocycles. The van der Waals surface area contributed by atoms with Crippen LogP contribution in [-0.4, -0.2) is 36.5 Å². The van der Waals surface area contributed by atoms with E-state index in [1.54, 1.807) is 0 Å². The molecule has 1 aromatic rings. The van der Waals surface area contributed by atoms with Crippen LogP contribution >= 0.6 is 0 Å². The standard InChI is InChI=1S/C13H22N4O2S/c1-9(7-15-20(18,19)12-4-5-12)14-8-11-6-13(17-16-11)10-2-3-10/h6,9-10,12,14-15H,2-5,7-8H2,1H3,(H,16,17)/t9-/m0/s1. The first-order chi connectivity index (χ1) is 9.54. The first kappa shape index (κ1) is 14.0. The lowest BCUT2D eigenvalue weighted by Crippen LogP contribution is -2.39. The molecule has 112 valence electrons. The molecule has 7 heteroatoms. The number of aromatic nitrogens is 2. The first-order valence-corrected chi connectivity index (χ1v) is 8.85. The van der Waals surface area contributed by atoms with Crippen LogP contribution in [0.4, 0.5) is 0 Å². The molecule has 1 heterocycles. The van der Waals surface area contributed by atoms with Gasteiger partial charge in [-0.15, -0.1) is 0 Å². The Labute approximate surface area is 119 Å². The summed E-state index contributed by atoms with van der Waals surface area (Å²) in [7, 11) is -3.07. The predicted octanol–water partition coefficient (Wildman–Crippen LogP) is 0.847. The molecule has 1 aromatic heterocycles. The second kappa shape index (κ2) is 5.46. The van der Waals surface area contributed by atoms with Crippen molar-refractivity contribution in [1.29, 1.82) is 0 Å². The zero-order valence-corrected chi connectivity index (χ0v) is 12.5. The van der Waals surface area contributed by atoms with Crippen LogP contribution < -0.4 is 10.0 Å². The van der Waals surface area contributed by atoms with Gasteiger partial charge in [-0.25, -0.2) is 13.1 Å². The SMILES string of the molecule is C[C@@H](CNS(=O)(=O)C1CC1)NCc1cc(C2CC2)n[nH]1. The van der Waals surface area contributed by atoms with E-state index in [0.717, 1.165) is 24.2 Å². The Bertz CT molecular complexity index is 561. The van der Waals surface area contributed by atoms with Crippen LogP contribution in [0.3, 0.4) is 0 Å². The Balaban J connectivity index is 1.40. The van der Waals surface area contributed by atoms with E-state index in [1.807, 2.05) is 6.92 Å². The Hall–Kier alpha value is -0.920. The third kappa shape index (κ3) is 3.59. The lowest BCUT2D eigenvalue weighted by atomic mass is 10.2. The second-order valence-electron chi connectivity index (χ2n) is 5.97. The van der Waals surface area contributed by atoms with Gasteiger partial charge in [0, 0.05) is 30.7 Å². The monoisotopic (exact) mass is 298 g/mol. The number of hydrogen-bond donors (Lipinski definition) is 3. The fraction of sp³-hybridized carbons (Fsp3) is 0.769. The topological polar surface area (TPSA) is 86.9 Å². The molecule has 0 unspecified atom stereocenters. The maximum absolute atomic E-state index is 11.7. The van der Waals surface area contributed by atoms with Crippen LogP contribution in [0.1, 0.15) is 49.9 Å². The normalized spacial score (nSPS) is 21.1. The number of hydrogen-bond acceptors (Lipinski definition) is 4. The van der Waals surface area contributed by atoms with Crippen LogP contribution in [0.5, 0.6) is 0 Å². The maximum Gasteiger partial charge on any atom is 0.214 e. The van der Waals surface area contributed by atoms with Crippen molar-refractivity contribution in [3.63, 3.8) is 0 Å². The number of sulfonamides is 1. The van der Waals surface area contributed by atoms with Crippen molar-refractivity contribution in [3.05, 3.63) is 17.5 Å². The molecule has 3 rings (SSSR count). The Morgan fingerprint density at radius 3 is 2.80 bits per heavy atom. The molecule has 3 N–H and O–H groups in total. The van der Waals surface area contributed by atoms with Crippen molar-refractivity contribution in [1.82, 2.24) is 20.2 Å². The quantitative estimate of drug-likeness (QED) is 0.664. The van der Waals surface area contributed by atoms with E-state index in [4.69, 9.17) is 0 Å². The molecule has 0 spiro atoms. The summed E-state index contributed by atoms with van der Waals surface area (Å²) in [6.07, 6.45) is 4.10. The summed E-state index contributed by atoms with van der Waals surface area (Å²) in [6.45, 7) is 3.10. The number of nitrogens with zero attached hydrogens (tertiary/aromatic N) is 1. The van der Waals surface area contributed by atoms with Crippen LogP contribution in [0.25, 0.3) is 0 Å². The van der Waals surface area contributed by atoms with E-state index in [1.165, 1.54) is 12.8 Å². The molecule has 2 aliphatic rings. The second-order valence-corrected chi connectivity index (χ2v) is 8.01. The van der Waals surface area contributed by atoms with E-state index in [9.17, 15) is 8.42 Å². The third-order valence-electron chi connectivity index (χ3n) is 3.84. The number of aromatic amines is 1. The van der Waals surface area contributed by atoms with Crippen LogP contribution in [0.15, 0.2) is 6.07 Å². The van der Waals surface area contributed by atoms with Crippen molar-refractivity contribution >= 4 is 10.0 Å². The summed E-state index contributed by atoms with van der Waals surface area (Å²) in [5.41, 5.74) is 2.22. The van der Waals surface area contributed by atoms with Crippen molar-refractivity contribution in [2.75, 3.05) is 6.54 Å². The minimum absolute atomic E-state index is 0.0937.